The number of nitrogens with two attached hydrogens (primary N) is 1. The van der Waals surface area contributed by atoms with Crippen LogP contribution in [0.4, 0.5) is 0 Å². The van der Waals surface area contributed by atoms with Crippen molar-refractivity contribution in [1.29, 1.82) is 0 Å². The van der Waals surface area contributed by atoms with Gasteiger partial charge in [-0.25, -0.2) is 4.98 Å². The molecule has 1 aliphatic carbocycles. The molecule has 5 nitrogen and oxygen atoms in total. The SMILES string of the molecule is Cl.Cl.NC1CCC(C(=O)NCCCc2nc3ccccc3[nH]2)C1. The van der Waals surface area contributed by atoms with Gasteiger partial charge in [0.05, 0.1) is 11.0 Å². The van der Waals surface area contributed by atoms with E-state index in [2.05, 4.69) is 15.3 Å². The van der Waals surface area contributed by atoms with Crippen molar-refractivity contribution in [3.63, 3.8) is 0 Å². The fourth-order valence-electron chi connectivity index (χ4n) is 2.99. The fourth-order valence-corrected chi connectivity index (χ4v) is 2.99. The van der Waals surface area contributed by atoms with Crippen molar-refractivity contribution >= 4 is 41.8 Å². The average molecular weight is 359 g/mol. The zero-order valence-corrected chi connectivity index (χ0v) is 14.6. The summed E-state index contributed by atoms with van der Waals surface area (Å²) in [6.45, 7) is 0.696. The number of amides is 1. The lowest BCUT2D eigenvalue weighted by molar-refractivity contribution is -0.124. The summed E-state index contributed by atoms with van der Waals surface area (Å²) in [4.78, 5) is 19.8. The van der Waals surface area contributed by atoms with Crippen molar-refractivity contribution in [3.8, 4) is 0 Å². The summed E-state index contributed by atoms with van der Waals surface area (Å²) in [6.07, 6.45) is 4.46. The van der Waals surface area contributed by atoms with Crippen molar-refractivity contribution in [2.24, 2.45) is 11.7 Å². The van der Waals surface area contributed by atoms with Crippen LogP contribution in [-0.4, -0.2) is 28.5 Å². The molecular formula is C16H24Cl2N4O. The number of rotatable bonds is 5. The van der Waals surface area contributed by atoms with Crippen LogP contribution in [0.25, 0.3) is 11.0 Å². The molecule has 0 bridgehead atoms. The van der Waals surface area contributed by atoms with Gasteiger partial charge >= 0.3 is 0 Å². The number of H-pyrrole nitrogens is 1. The average Bonchev–Trinajstić information content (AvgIpc) is 3.09. The van der Waals surface area contributed by atoms with Gasteiger partial charge in [-0.2, -0.15) is 0 Å². The van der Waals surface area contributed by atoms with E-state index >= 15 is 0 Å². The fraction of sp³-hybridized carbons (Fsp3) is 0.500. The molecule has 0 saturated heterocycles. The first kappa shape index (κ1) is 19.7. The molecule has 1 heterocycles. The topological polar surface area (TPSA) is 83.8 Å². The number of carbonyl (C=O) groups is 1. The maximum Gasteiger partial charge on any atom is 0.223 e. The monoisotopic (exact) mass is 358 g/mol. The normalized spacial score (nSPS) is 19.9. The van der Waals surface area contributed by atoms with E-state index in [-0.39, 0.29) is 42.7 Å². The number of hydrogen-bond acceptors (Lipinski definition) is 3. The zero-order valence-electron chi connectivity index (χ0n) is 13.0. The van der Waals surface area contributed by atoms with Crippen molar-refractivity contribution in [2.45, 2.75) is 38.1 Å². The van der Waals surface area contributed by atoms with Gasteiger partial charge in [0.2, 0.25) is 5.91 Å². The van der Waals surface area contributed by atoms with E-state index < -0.39 is 0 Å². The standard InChI is InChI=1S/C16H22N4O.2ClH/c17-12-8-7-11(10-12)16(21)18-9-3-6-15-19-13-4-1-2-5-14(13)20-15;;/h1-2,4-5,11-12H,3,6-10,17H2,(H,18,21)(H,19,20);2*1H. The first-order chi connectivity index (χ1) is 10.2. The van der Waals surface area contributed by atoms with E-state index in [0.717, 1.165) is 49.0 Å². The van der Waals surface area contributed by atoms with Crippen LogP contribution in [-0.2, 0) is 11.2 Å². The molecule has 3 rings (SSSR count). The Kier molecular flexibility index (Phi) is 7.82. The van der Waals surface area contributed by atoms with Crippen LogP contribution in [0.2, 0.25) is 0 Å². The summed E-state index contributed by atoms with van der Waals surface area (Å²) in [5, 5.41) is 3.01. The predicted octanol–water partition coefficient (Wildman–Crippen LogP) is 2.58. The maximum absolute atomic E-state index is 12.0. The molecule has 1 fully saturated rings. The third-order valence-corrected chi connectivity index (χ3v) is 4.17. The maximum atomic E-state index is 12.0. The van der Waals surface area contributed by atoms with Crippen LogP contribution < -0.4 is 11.1 Å². The van der Waals surface area contributed by atoms with E-state index in [4.69, 9.17) is 5.73 Å². The lowest BCUT2D eigenvalue weighted by Crippen LogP contribution is -2.31. The molecule has 2 aromatic rings. The van der Waals surface area contributed by atoms with Gasteiger partial charge in [-0.15, -0.1) is 24.8 Å². The number of aryl methyl sites for hydroxylation is 1. The summed E-state index contributed by atoms with van der Waals surface area (Å²) >= 11 is 0. The molecule has 23 heavy (non-hydrogen) atoms. The third kappa shape index (κ3) is 5.09. The molecule has 2 unspecified atom stereocenters. The molecule has 4 N–H and O–H groups in total. The molecule has 128 valence electrons. The van der Waals surface area contributed by atoms with Crippen molar-refractivity contribution in [3.05, 3.63) is 30.1 Å². The van der Waals surface area contributed by atoms with Gasteiger partial charge < -0.3 is 16.0 Å². The molecule has 1 aliphatic rings. The largest absolute Gasteiger partial charge is 0.356 e. The quantitative estimate of drug-likeness (QED) is 0.718. The zero-order chi connectivity index (χ0) is 14.7. The molecule has 0 aliphatic heterocycles. The second-order valence-electron chi connectivity index (χ2n) is 5.87. The molecule has 1 saturated carbocycles. The molecule has 0 spiro atoms. The van der Waals surface area contributed by atoms with E-state index in [0.29, 0.717) is 6.54 Å². The summed E-state index contributed by atoms with van der Waals surface area (Å²) in [7, 11) is 0. The number of imidazole rings is 1. The molecule has 1 aromatic carbocycles. The first-order valence-corrected chi connectivity index (χ1v) is 7.69. The van der Waals surface area contributed by atoms with Gasteiger partial charge in [-0.05, 0) is 37.8 Å². The number of aromatic nitrogens is 2. The summed E-state index contributed by atoms with van der Waals surface area (Å²) in [5.74, 6) is 1.26. The van der Waals surface area contributed by atoms with Gasteiger partial charge in [-0.3, -0.25) is 4.79 Å². The number of carbonyl (C=O) groups excluding carboxylic acids is 1. The van der Waals surface area contributed by atoms with E-state index in [1.54, 1.807) is 0 Å². The minimum atomic E-state index is 0. The Bertz CT molecular complexity index is 598. The van der Waals surface area contributed by atoms with Crippen LogP contribution in [0.3, 0.4) is 0 Å². The second-order valence-corrected chi connectivity index (χ2v) is 5.87. The Balaban J connectivity index is 0.00000132. The number of fused-ring (bicyclic) bond motifs is 1. The number of halogens is 2. The number of benzene rings is 1. The Morgan fingerprint density at radius 3 is 2.78 bits per heavy atom. The number of hydrogen-bond donors (Lipinski definition) is 3. The number of aromatic amines is 1. The van der Waals surface area contributed by atoms with Crippen molar-refractivity contribution in [2.75, 3.05) is 6.54 Å². The molecule has 1 aromatic heterocycles. The minimum Gasteiger partial charge on any atom is -0.356 e. The smallest absolute Gasteiger partial charge is 0.223 e. The van der Waals surface area contributed by atoms with Crippen LogP contribution >= 0.6 is 24.8 Å². The molecule has 2 atom stereocenters. The molecular weight excluding hydrogens is 335 g/mol. The van der Waals surface area contributed by atoms with Gasteiger partial charge in [0, 0.05) is 24.9 Å². The molecule has 1 amide bonds. The Labute approximate surface area is 148 Å². The summed E-state index contributed by atoms with van der Waals surface area (Å²) < 4.78 is 0. The van der Waals surface area contributed by atoms with Crippen LogP contribution in [0, 0.1) is 5.92 Å². The molecule has 7 heteroatoms. The second kappa shape index (κ2) is 9.11. The highest BCUT2D eigenvalue weighted by atomic mass is 35.5. The lowest BCUT2D eigenvalue weighted by Gasteiger charge is -2.10. The number of para-hydroxylation sites is 2. The Morgan fingerprint density at radius 1 is 1.30 bits per heavy atom. The number of nitrogens with one attached hydrogen (secondary N) is 2. The summed E-state index contributed by atoms with van der Waals surface area (Å²) in [6, 6.07) is 8.21. The van der Waals surface area contributed by atoms with Gasteiger partial charge in [-0.1, -0.05) is 12.1 Å². The number of nitrogens with zero attached hydrogens (tertiary/aromatic N) is 1. The first-order valence-electron chi connectivity index (χ1n) is 7.69. The van der Waals surface area contributed by atoms with Gasteiger partial charge in [0.1, 0.15) is 5.82 Å². The molecule has 0 radical (unpaired) electrons. The lowest BCUT2D eigenvalue weighted by atomic mass is 10.1. The highest BCUT2D eigenvalue weighted by molar-refractivity contribution is 5.85. The van der Waals surface area contributed by atoms with Crippen molar-refractivity contribution < 1.29 is 4.79 Å². The van der Waals surface area contributed by atoms with E-state index in [9.17, 15) is 4.79 Å². The minimum absolute atomic E-state index is 0. The highest BCUT2D eigenvalue weighted by Crippen LogP contribution is 2.23. The highest BCUT2D eigenvalue weighted by Gasteiger charge is 2.27. The Morgan fingerprint density at radius 2 is 2.09 bits per heavy atom. The van der Waals surface area contributed by atoms with Gasteiger partial charge in [0.15, 0.2) is 0 Å². The summed E-state index contributed by atoms with van der Waals surface area (Å²) in [5.41, 5.74) is 7.90. The van der Waals surface area contributed by atoms with E-state index in [1.807, 2.05) is 24.3 Å². The predicted molar refractivity (Wildman–Crippen MR) is 97.2 cm³/mol. The van der Waals surface area contributed by atoms with Gasteiger partial charge in [0.25, 0.3) is 0 Å². The van der Waals surface area contributed by atoms with E-state index in [1.165, 1.54) is 0 Å². The Hall–Kier alpha value is -1.30. The van der Waals surface area contributed by atoms with Crippen LogP contribution in [0.1, 0.15) is 31.5 Å². The van der Waals surface area contributed by atoms with Crippen molar-refractivity contribution in [1.82, 2.24) is 15.3 Å². The third-order valence-electron chi connectivity index (χ3n) is 4.17. The van der Waals surface area contributed by atoms with Crippen LogP contribution in [0.15, 0.2) is 24.3 Å². The van der Waals surface area contributed by atoms with Crippen LogP contribution in [0.5, 0.6) is 0 Å².